The van der Waals surface area contributed by atoms with Crippen LogP contribution in [-0.2, 0) is 4.79 Å². The number of rotatable bonds is 5. The summed E-state index contributed by atoms with van der Waals surface area (Å²) in [6.07, 6.45) is 1.20. The Bertz CT molecular complexity index is 502. The van der Waals surface area contributed by atoms with Crippen LogP contribution in [0.1, 0.15) is 63.4 Å². The highest BCUT2D eigenvalue weighted by molar-refractivity contribution is 6.07. The molecule has 3 heteroatoms. The van der Waals surface area contributed by atoms with Crippen molar-refractivity contribution in [1.82, 2.24) is 0 Å². The molecular weight excluding hydrogens is 262 g/mol. The first-order valence-electron chi connectivity index (χ1n) is 7.48. The monoisotopic (exact) mass is 289 g/mol. The molecule has 1 aromatic rings. The Hall–Kier alpha value is -1.90. The van der Waals surface area contributed by atoms with Crippen molar-refractivity contribution in [3.63, 3.8) is 0 Å². The Labute approximate surface area is 128 Å². The van der Waals surface area contributed by atoms with Gasteiger partial charge in [-0.25, -0.2) is 0 Å². The number of carbonyl (C=O) groups excluding carboxylic acids is 2. The second kappa shape index (κ2) is 9.11. The largest absolute Gasteiger partial charge is 0.322 e. The van der Waals surface area contributed by atoms with Crippen LogP contribution < -0.4 is 5.32 Å². The Kier molecular flexibility index (Phi) is 8.29. The third-order valence-electron chi connectivity index (χ3n) is 2.94. The molecule has 3 nitrogen and oxygen atoms in total. The zero-order valence-corrected chi connectivity index (χ0v) is 14.0. The molecule has 0 aliphatic carbocycles. The highest BCUT2D eigenvalue weighted by Crippen LogP contribution is 2.25. The number of hydrogen-bond donors (Lipinski definition) is 1. The first-order chi connectivity index (χ1) is 9.86. The van der Waals surface area contributed by atoms with Gasteiger partial charge in [-0.2, -0.15) is 0 Å². The number of nitrogens with one attached hydrogen (secondary N) is 1. The van der Waals surface area contributed by atoms with Gasteiger partial charge in [0.25, 0.3) is 0 Å². The standard InChI is InChI=1S/C16H21NO2.C2H6/c1-6-15(18)17-14-9-12(10(2)3)7-8-13(14)16(19)11(4)5;1-2/h6-11H,1H2,2-5H3,(H,17,18);1-2H3. The van der Waals surface area contributed by atoms with E-state index in [9.17, 15) is 9.59 Å². The SMILES string of the molecule is C=CC(=O)Nc1cc(C(C)C)ccc1C(=O)C(C)C.CC. The van der Waals surface area contributed by atoms with Crippen molar-refractivity contribution in [2.45, 2.75) is 47.5 Å². The van der Waals surface area contributed by atoms with Crippen LogP contribution in [0.4, 0.5) is 5.69 Å². The van der Waals surface area contributed by atoms with E-state index < -0.39 is 0 Å². The van der Waals surface area contributed by atoms with E-state index >= 15 is 0 Å². The summed E-state index contributed by atoms with van der Waals surface area (Å²) < 4.78 is 0. The average Bonchev–Trinajstić information content (AvgIpc) is 2.48. The smallest absolute Gasteiger partial charge is 0.247 e. The summed E-state index contributed by atoms with van der Waals surface area (Å²) in [5, 5.41) is 2.71. The number of benzene rings is 1. The zero-order valence-electron chi connectivity index (χ0n) is 14.0. The lowest BCUT2D eigenvalue weighted by Gasteiger charge is -2.14. The number of hydrogen-bond acceptors (Lipinski definition) is 2. The number of Topliss-reactive ketones (excluding diaryl/α,β-unsaturated/α-hetero) is 1. The molecule has 0 atom stereocenters. The topological polar surface area (TPSA) is 46.2 Å². The molecule has 116 valence electrons. The number of amides is 1. The first-order valence-corrected chi connectivity index (χ1v) is 7.48. The molecule has 1 amide bonds. The van der Waals surface area contributed by atoms with Gasteiger partial charge in [0, 0.05) is 11.5 Å². The fourth-order valence-corrected chi connectivity index (χ4v) is 1.73. The molecule has 0 spiro atoms. The average molecular weight is 289 g/mol. The summed E-state index contributed by atoms with van der Waals surface area (Å²) in [7, 11) is 0. The normalized spacial score (nSPS) is 9.90. The molecule has 0 saturated carbocycles. The van der Waals surface area contributed by atoms with E-state index in [1.54, 1.807) is 6.07 Å². The van der Waals surface area contributed by atoms with E-state index in [1.807, 2.05) is 39.8 Å². The molecule has 1 N–H and O–H groups in total. The van der Waals surface area contributed by atoms with Crippen LogP contribution in [0.2, 0.25) is 0 Å². The molecule has 1 rings (SSSR count). The van der Waals surface area contributed by atoms with Crippen molar-refractivity contribution in [3.05, 3.63) is 42.0 Å². The van der Waals surface area contributed by atoms with Crippen molar-refractivity contribution in [3.8, 4) is 0 Å². The number of carbonyl (C=O) groups is 2. The molecule has 0 heterocycles. The van der Waals surface area contributed by atoms with Crippen molar-refractivity contribution >= 4 is 17.4 Å². The lowest BCUT2D eigenvalue weighted by atomic mass is 9.95. The second-order valence-electron chi connectivity index (χ2n) is 5.17. The van der Waals surface area contributed by atoms with Crippen molar-refractivity contribution in [2.75, 3.05) is 5.32 Å². The van der Waals surface area contributed by atoms with E-state index in [0.29, 0.717) is 17.2 Å². The molecule has 21 heavy (non-hydrogen) atoms. The summed E-state index contributed by atoms with van der Waals surface area (Å²) in [6.45, 7) is 15.3. The van der Waals surface area contributed by atoms with Crippen LogP contribution in [0.15, 0.2) is 30.9 Å². The molecule has 0 aliphatic heterocycles. The van der Waals surface area contributed by atoms with Gasteiger partial charge < -0.3 is 5.32 Å². The maximum Gasteiger partial charge on any atom is 0.247 e. The first kappa shape index (κ1) is 19.1. The van der Waals surface area contributed by atoms with Crippen LogP contribution >= 0.6 is 0 Å². The van der Waals surface area contributed by atoms with Gasteiger partial charge in [0.05, 0.1) is 5.69 Å². The summed E-state index contributed by atoms with van der Waals surface area (Å²) in [6, 6.07) is 5.59. The van der Waals surface area contributed by atoms with Gasteiger partial charge >= 0.3 is 0 Å². The Balaban J connectivity index is 0.00000191. The molecule has 1 aromatic carbocycles. The Morgan fingerprint density at radius 3 is 2.14 bits per heavy atom. The Morgan fingerprint density at radius 1 is 1.14 bits per heavy atom. The van der Waals surface area contributed by atoms with Crippen LogP contribution in [-0.4, -0.2) is 11.7 Å². The van der Waals surface area contributed by atoms with Gasteiger partial charge in [-0.15, -0.1) is 0 Å². The highest BCUT2D eigenvalue weighted by Gasteiger charge is 2.16. The van der Waals surface area contributed by atoms with Crippen LogP contribution in [0.25, 0.3) is 0 Å². The molecule has 0 aliphatic rings. The maximum absolute atomic E-state index is 12.1. The minimum absolute atomic E-state index is 0.0228. The van der Waals surface area contributed by atoms with Crippen LogP contribution in [0.3, 0.4) is 0 Å². The second-order valence-corrected chi connectivity index (χ2v) is 5.17. The van der Waals surface area contributed by atoms with Gasteiger partial charge in [0.15, 0.2) is 5.78 Å². The molecule has 0 bridgehead atoms. The molecule has 0 saturated heterocycles. The van der Waals surface area contributed by atoms with E-state index in [2.05, 4.69) is 25.7 Å². The van der Waals surface area contributed by atoms with Gasteiger partial charge in [0.2, 0.25) is 5.91 Å². The number of anilines is 1. The summed E-state index contributed by atoms with van der Waals surface area (Å²) in [4.78, 5) is 23.6. The van der Waals surface area contributed by atoms with Gasteiger partial charge in [-0.3, -0.25) is 9.59 Å². The molecule has 0 radical (unpaired) electrons. The van der Waals surface area contributed by atoms with Crippen LogP contribution in [0.5, 0.6) is 0 Å². The summed E-state index contributed by atoms with van der Waals surface area (Å²) in [5.74, 6) is -0.0553. The predicted octanol–water partition coefficient (Wildman–Crippen LogP) is 4.80. The lowest BCUT2D eigenvalue weighted by Crippen LogP contribution is -2.15. The quantitative estimate of drug-likeness (QED) is 0.625. The van der Waals surface area contributed by atoms with Gasteiger partial charge in [-0.1, -0.05) is 54.2 Å². The van der Waals surface area contributed by atoms with Crippen LogP contribution in [0, 0.1) is 5.92 Å². The summed E-state index contributed by atoms with van der Waals surface area (Å²) >= 11 is 0. The lowest BCUT2D eigenvalue weighted by molar-refractivity contribution is -0.111. The molecule has 0 unspecified atom stereocenters. The van der Waals surface area contributed by atoms with E-state index in [-0.39, 0.29) is 17.6 Å². The molecule has 0 aromatic heterocycles. The third-order valence-corrected chi connectivity index (χ3v) is 2.94. The number of ketones is 1. The zero-order chi connectivity index (χ0) is 16.6. The Morgan fingerprint density at radius 2 is 1.71 bits per heavy atom. The van der Waals surface area contributed by atoms with E-state index in [0.717, 1.165) is 5.56 Å². The van der Waals surface area contributed by atoms with E-state index in [4.69, 9.17) is 0 Å². The maximum atomic E-state index is 12.1. The molecular formula is C18H27NO2. The highest BCUT2D eigenvalue weighted by atomic mass is 16.1. The van der Waals surface area contributed by atoms with Crippen molar-refractivity contribution < 1.29 is 9.59 Å². The fourth-order valence-electron chi connectivity index (χ4n) is 1.73. The fraction of sp³-hybridized carbons (Fsp3) is 0.444. The van der Waals surface area contributed by atoms with Crippen molar-refractivity contribution in [1.29, 1.82) is 0 Å². The van der Waals surface area contributed by atoms with Crippen molar-refractivity contribution in [2.24, 2.45) is 5.92 Å². The minimum Gasteiger partial charge on any atom is -0.322 e. The van der Waals surface area contributed by atoms with Gasteiger partial charge in [-0.05, 0) is 29.7 Å². The van der Waals surface area contributed by atoms with E-state index in [1.165, 1.54) is 6.08 Å². The predicted molar refractivity (Wildman–Crippen MR) is 89.9 cm³/mol. The summed E-state index contributed by atoms with van der Waals surface area (Å²) in [5.41, 5.74) is 2.20. The molecule has 0 fully saturated rings. The third kappa shape index (κ3) is 5.54. The van der Waals surface area contributed by atoms with Gasteiger partial charge in [0.1, 0.15) is 0 Å². The minimum atomic E-state index is -0.307.